The van der Waals surface area contributed by atoms with E-state index in [1.165, 1.54) is 4.68 Å². The Labute approximate surface area is 154 Å². The van der Waals surface area contributed by atoms with Crippen molar-refractivity contribution in [2.24, 2.45) is 0 Å². The molecule has 0 fully saturated rings. The molecule has 10 heteroatoms. The number of nitrogens with zero attached hydrogens (tertiary/aromatic N) is 2. The monoisotopic (exact) mass is 375 g/mol. The fraction of sp³-hybridized carbons (Fsp3) is 0.353. The van der Waals surface area contributed by atoms with Gasteiger partial charge in [-0.05, 0) is 19.4 Å². The van der Waals surface area contributed by atoms with E-state index in [9.17, 15) is 19.2 Å². The number of hydrazine groups is 1. The van der Waals surface area contributed by atoms with E-state index >= 15 is 0 Å². The number of aryl methyl sites for hydroxylation is 1. The number of rotatable bonds is 6. The number of hydrogen-bond acceptors (Lipinski definition) is 6. The maximum absolute atomic E-state index is 12.4. The first-order chi connectivity index (χ1) is 13.0. The summed E-state index contributed by atoms with van der Waals surface area (Å²) >= 11 is 0. The summed E-state index contributed by atoms with van der Waals surface area (Å²) in [6.07, 6.45) is 0.667. The Bertz CT molecular complexity index is 908. The van der Waals surface area contributed by atoms with Crippen LogP contribution >= 0.6 is 0 Å². The molecule has 1 heterocycles. The second kappa shape index (κ2) is 9.32. The quantitative estimate of drug-likeness (QED) is 0.492. The number of carbonyl (C=O) groups excluding carboxylic acids is 3. The molecular weight excluding hydrogens is 354 g/mol. The van der Waals surface area contributed by atoms with Crippen LogP contribution in [0.1, 0.15) is 30.8 Å². The molecule has 1 aromatic carbocycles. The molecule has 0 bridgehead atoms. The first kappa shape index (κ1) is 19.9. The number of ether oxygens (including phenoxy) is 1. The Kier molecular flexibility index (Phi) is 6.86. The number of urea groups is 1. The van der Waals surface area contributed by atoms with Crippen molar-refractivity contribution in [3.63, 3.8) is 0 Å². The van der Waals surface area contributed by atoms with Crippen LogP contribution in [0, 0.1) is 0 Å². The lowest BCUT2D eigenvalue weighted by Crippen LogP contribution is -2.48. The van der Waals surface area contributed by atoms with Gasteiger partial charge < -0.3 is 10.1 Å². The Morgan fingerprint density at radius 3 is 2.48 bits per heavy atom. The highest BCUT2D eigenvalue weighted by molar-refractivity contribution is 6.05. The van der Waals surface area contributed by atoms with Gasteiger partial charge in [-0.25, -0.2) is 14.9 Å². The van der Waals surface area contributed by atoms with E-state index in [-0.39, 0.29) is 24.4 Å². The van der Waals surface area contributed by atoms with E-state index < -0.39 is 17.9 Å². The summed E-state index contributed by atoms with van der Waals surface area (Å²) in [5, 5.41) is 7.09. The van der Waals surface area contributed by atoms with Gasteiger partial charge in [-0.3, -0.25) is 19.8 Å². The lowest BCUT2D eigenvalue weighted by molar-refractivity contribution is -0.141. The molecule has 2 rings (SSSR count). The maximum atomic E-state index is 12.4. The van der Waals surface area contributed by atoms with E-state index in [1.54, 1.807) is 31.2 Å². The number of benzene rings is 1. The Hall–Kier alpha value is -3.43. The third kappa shape index (κ3) is 5.03. The lowest BCUT2D eigenvalue weighted by Gasteiger charge is -2.11. The second-order valence-electron chi connectivity index (χ2n) is 5.49. The molecule has 0 spiro atoms. The van der Waals surface area contributed by atoms with Crippen molar-refractivity contribution in [1.82, 2.24) is 25.9 Å². The van der Waals surface area contributed by atoms with Crippen molar-refractivity contribution >= 4 is 28.7 Å². The number of nitrogens with one attached hydrogen (secondary N) is 3. The van der Waals surface area contributed by atoms with Gasteiger partial charge in [0.1, 0.15) is 6.54 Å². The molecule has 144 valence electrons. The number of carbonyl (C=O) groups is 3. The van der Waals surface area contributed by atoms with E-state index in [2.05, 4.69) is 26.0 Å². The SMILES string of the molecule is CCCn1nc(C(=O)NNC(=O)NCC(=O)OCC)c2ccccc2c1=O. The molecule has 2 aromatic rings. The molecule has 3 N–H and O–H groups in total. The molecule has 10 nitrogen and oxygen atoms in total. The van der Waals surface area contributed by atoms with Crippen LogP contribution in [0.4, 0.5) is 4.79 Å². The number of aromatic nitrogens is 2. The average Bonchev–Trinajstić information content (AvgIpc) is 2.67. The molecule has 0 unspecified atom stereocenters. The summed E-state index contributed by atoms with van der Waals surface area (Å²) in [6.45, 7) is 3.76. The van der Waals surface area contributed by atoms with Crippen molar-refractivity contribution in [2.75, 3.05) is 13.2 Å². The van der Waals surface area contributed by atoms with Crippen LogP contribution < -0.4 is 21.7 Å². The van der Waals surface area contributed by atoms with Gasteiger partial charge in [-0.15, -0.1) is 0 Å². The van der Waals surface area contributed by atoms with E-state index in [0.717, 1.165) is 0 Å². The van der Waals surface area contributed by atoms with E-state index in [0.29, 0.717) is 23.7 Å². The summed E-state index contributed by atoms with van der Waals surface area (Å²) < 4.78 is 5.89. The molecule has 0 saturated heterocycles. The second-order valence-corrected chi connectivity index (χ2v) is 5.49. The molecule has 0 aliphatic rings. The highest BCUT2D eigenvalue weighted by atomic mass is 16.5. The third-order valence-electron chi connectivity index (χ3n) is 3.51. The normalized spacial score (nSPS) is 10.3. The van der Waals surface area contributed by atoms with Gasteiger partial charge in [-0.1, -0.05) is 25.1 Å². The zero-order chi connectivity index (χ0) is 19.8. The topological polar surface area (TPSA) is 131 Å². The molecule has 0 aliphatic carbocycles. The van der Waals surface area contributed by atoms with Crippen molar-refractivity contribution < 1.29 is 19.1 Å². The van der Waals surface area contributed by atoms with E-state index in [4.69, 9.17) is 0 Å². The minimum absolute atomic E-state index is 0.00402. The molecule has 1 aromatic heterocycles. The standard InChI is InChI=1S/C17H21N5O5/c1-3-9-22-16(25)12-8-6-5-7-11(12)14(21-22)15(24)19-20-17(26)18-10-13(23)27-4-2/h5-8H,3-4,9-10H2,1-2H3,(H,19,24)(H2,18,20,26). The number of esters is 1. The van der Waals surface area contributed by atoms with Gasteiger partial charge in [0.05, 0.1) is 12.0 Å². The highest BCUT2D eigenvalue weighted by Crippen LogP contribution is 2.13. The van der Waals surface area contributed by atoms with Gasteiger partial charge in [-0.2, -0.15) is 5.10 Å². The molecule has 27 heavy (non-hydrogen) atoms. The van der Waals surface area contributed by atoms with Crippen molar-refractivity contribution in [2.45, 2.75) is 26.8 Å². The lowest BCUT2D eigenvalue weighted by atomic mass is 10.1. The van der Waals surface area contributed by atoms with Crippen molar-refractivity contribution in [3.05, 3.63) is 40.3 Å². The molecule has 3 amide bonds. The fourth-order valence-corrected chi connectivity index (χ4v) is 2.35. The van der Waals surface area contributed by atoms with Gasteiger partial charge in [0.2, 0.25) is 0 Å². The highest BCUT2D eigenvalue weighted by Gasteiger charge is 2.17. The van der Waals surface area contributed by atoms with Gasteiger partial charge in [0.25, 0.3) is 11.5 Å². The number of hydrogen-bond donors (Lipinski definition) is 3. The fourth-order valence-electron chi connectivity index (χ4n) is 2.35. The smallest absolute Gasteiger partial charge is 0.333 e. The van der Waals surface area contributed by atoms with Gasteiger partial charge in [0.15, 0.2) is 5.69 Å². The van der Waals surface area contributed by atoms with Crippen LogP contribution in [0.2, 0.25) is 0 Å². The molecule has 0 atom stereocenters. The minimum Gasteiger partial charge on any atom is -0.465 e. The van der Waals surface area contributed by atoms with E-state index in [1.807, 2.05) is 6.92 Å². The zero-order valence-electron chi connectivity index (χ0n) is 15.1. The summed E-state index contributed by atoms with van der Waals surface area (Å²) in [5.41, 5.74) is 4.05. The van der Waals surface area contributed by atoms with Gasteiger partial charge >= 0.3 is 12.0 Å². The van der Waals surface area contributed by atoms with Crippen molar-refractivity contribution in [1.29, 1.82) is 0 Å². The Morgan fingerprint density at radius 2 is 1.81 bits per heavy atom. The van der Waals surface area contributed by atoms with Gasteiger partial charge in [0, 0.05) is 11.9 Å². The summed E-state index contributed by atoms with van der Waals surface area (Å²) in [4.78, 5) is 47.7. The molecule has 0 saturated carbocycles. The Morgan fingerprint density at radius 1 is 1.11 bits per heavy atom. The molecule has 0 radical (unpaired) electrons. The largest absolute Gasteiger partial charge is 0.465 e. The van der Waals surface area contributed by atoms with Crippen LogP contribution in [-0.2, 0) is 16.1 Å². The number of fused-ring (bicyclic) bond motifs is 1. The summed E-state index contributed by atoms with van der Waals surface area (Å²) in [7, 11) is 0. The predicted octanol–water partition coefficient (Wildman–Crippen LogP) is 0.314. The summed E-state index contributed by atoms with van der Waals surface area (Å²) in [6, 6.07) is 5.81. The van der Waals surface area contributed by atoms with Crippen LogP contribution in [0.5, 0.6) is 0 Å². The maximum Gasteiger partial charge on any atom is 0.333 e. The van der Waals surface area contributed by atoms with Crippen LogP contribution in [0.15, 0.2) is 29.1 Å². The Balaban J connectivity index is 2.13. The zero-order valence-corrected chi connectivity index (χ0v) is 15.1. The average molecular weight is 375 g/mol. The molecule has 0 aliphatic heterocycles. The third-order valence-corrected chi connectivity index (χ3v) is 3.51. The minimum atomic E-state index is -0.789. The number of amides is 3. The van der Waals surface area contributed by atoms with Crippen molar-refractivity contribution in [3.8, 4) is 0 Å². The summed E-state index contributed by atoms with van der Waals surface area (Å²) in [5.74, 6) is -1.29. The van der Waals surface area contributed by atoms with Crippen LogP contribution in [0.3, 0.4) is 0 Å². The van der Waals surface area contributed by atoms with Crippen LogP contribution in [0.25, 0.3) is 10.8 Å². The first-order valence-corrected chi connectivity index (χ1v) is 8.47. The van der Waals surface area contributed by atoms with Crippen LogP contribution in [-0.4, -0.2) is 40.8 Å². The molecular formula is C17H21N5O5. The predicted molar refractivity (Wildman–Crippen MR) is 96.9 cm³/mol. The first-order valence-electron chi connectivity index (χ1n) is 8.47.